The fourth-order valence-electron chi connectivity index (χ4n) is 1.33. The molecular formula is C12H12FNO4S. The molecule has 2 N–H and O–H groups in total. The molecule has 0 radical (unpaired) electrons. The first kappa shape index (κ1) is 15.1. The molecule has 0 aromatic heterocycles. The third-order valence-corrected chi connectivity index (χ3v) is 3.86. The van der Waals surface area contributed by atoms with E-state index in [4.69, 9.17) is 11.5 Å². The number of hydrogen-bond donors (Lipinski definition) is 2. The maximum Gasteiger partial charge on any atom is 0.335 e. The summed E-state index contributed by atoms with van der Waals surface area (Å²) >= 11 is 0. The molecule has 0 amide bonds. The minimum Gasteiger partial charge on any atom is -0.478 e. The molecule has 0 heterocycles. The van der Waals surface area contributed by atoms with E-state index in [1.165, 1.54) is 0 Å². The van der Waals surface area contributed by atoms with E-state index in [2.05, 4.69) is 10.6 Å². The molecule has 1 rings (SSSR count). The second-order valence-electron chi connectivity index (χ2n) is 3.70. The van der Waals surface area contributed by atoms with Crippen LogP contribution in [0.25, 0.3) is 0 Å². The third-order valence-electron chi connectivity index (χ3n) is 2.37. The second-order valence-corrected chi connectivity index (χ2v) is 5.38. The van der Waals surface area contributed by atoms with Crippen molar-refractivity contribution in [3.05, 3.63) is 29.6 Å². The second kappa shape index (κ2) is 5.82. The van der Waals surface area contributed by atoms with Crippen molar-refractivity contribution in [2.45, 2.75) is 24.3 Å². The number of rotatable bonds is 5. The number of nitrogens with one attached hydrogen (secondary N) is 1. The van der Waals surface area contributed by atoms with Crippen molar-refractivity contribution in [3.8, 4) is 12.3 Å². The maximum absolute atomic E-state index is 13.5. The van der Waals surface area contributed by atoms with Crippen LogP contribution in [-0.2, 0) is 10.0 Å². The van der Waals surface area contributed by atoms with Crippen molar-refractivity contribution >= 4 is 16.0 Å². The Hall–Kier alpha value is -1.91. The number of halogens is 1. The van der Waals surface area contributed by atoms with Crippen molar-refractivity contribution in [3.63, 3.8) is 0 Å². The fourth-order valence-corrected chi connectivity index (χ4v) is 2.67. The molecule has 0 aliphatic heterocycles. The molecule has 1 atom stereocenters. The van der Waals surface area contributed by atoms with E-state index in [1.807, 2.05) is 0 Å². The summed E-state index contributed by atoms with van der Waals surface area (Å²) in [5.41, 5.74) is -0.324. The maximum atomic E-state index is 13.5. The Morgan fingerprint density at radius 1 is 1.58 bits per heavy atom. The number of carboxylic acids is 1. The summed E-state index contributed by atoms with van der Waals surface area (Å²) in [7, 11) is -4.20. The van der Waals surface area contributed by atoms with Crippen LogP contribution < -0.4 is 4.72 Å². The number of carboxylic acid groups (broad SMARTS) is 1. The minimum atomic E-state index is -4.20. The number of terminal acetylenes is 1. The van der Waals surface area contributed by atoms with Gasteiger partial charge in [0.15, 0.2) is 0 Å². The highest BCUT2D eigenvalue weighted by Crippen LogP contribution is 2.17. The van der Waals surface area contributed by atoms with Gasteiger partial charge in [0.1, 0.15) is 10.7 Å². The molecule has 102 valence electrons. The highest BCUT2D eigenvalue weighted by atomic mass is 32.2. The lowest BCUT2D eigenvalue weighted by molar-refractivity contribution is 0.0696. The largest absolute Gasteiger partial charge is 0.478 e. The van der Waals surface area contributed by atoms with Gasteiger partial charge in [-0.15, -0.1) is 6.42 Å². The first-order valence-corrected chi connectivity index (χ1v) is 6.81. The van der Waals surface area contributed by atoms with Crippen molar-refractivity contribution in [1.82, 2.24) is 4.72 Å². The summed E-state index contributed by atoms with van der Waals surface area (Å²) in [5.74, 6) is -0.179. The molecule has 0 bridgehead atoms. The fraction of sp³-hybridized carbons (Fsp3) is 0.250. The molecule has 0 saturated carbocycles. The van der Waals surface area contributed by atoms with E-state index in [9.17, 15) is 17.6 Å². The first-order chi connectivity index (χ1) is 8.81. The average molecular weight is 285 g/mol. The normalized spacial score (nSPS) is 12.7. The van der Waals surface area contributed by atoms with Gasteiger partial charge in [-0.05, 0) is 24.6 Å². The molecule has 1 unspecified atom stereocenters. The van der Waals surface area contributed by atoms with Gasteiger partial charge in [0.2, 0.25) is 10.0 Å². The van der Waals surface area contributed by atoms with Gasteiger partial charge >= 0.3 is 5.97 Å². The quantitative estimate of drug-likeness (QED) is 0.797. The average Bonchev–Trinajstić information content (AvgIpc) is 2.35. The molecule has 1 aromatic rings. The molecule has 7 heteroatoms. The first-order valence-electron chi connectivity index (χ1n) is 5.33. The Morgan fingerprint density at radius 3 is 2.68 bits per heavy atom. The van der Waals surface area contributed by atoms with Crippen molar-refractivity contribution in [2.24, 2.45) is 0 Å². The predicted octanol–water partition coefficient (Wildman–Crippen LogP) is 1.21. The van der Waals surface area contributed by atoms with Crippen LogP contribution in [0.2, 0.25) is 0 Å². The van der Waals surface area contributed by atoms with Gasteiger partial charge in [0.25, 0.3) is 0 Å². The molecule has 0 aliphatic rings. The van der Waals surface area contributed by atoms with Gasteiger partial charge in [0, 0.05) is 0 Å². The Morgan fingerprint density at radius 2 is 2.21 bits per heavy atom. The van der Waals surface area contributed by atoms with Crippen LogP contribution in [0.15, 0.2) is 23.1 Å². The van der Waals surface area contributed by atoms with E-state index >= 15 is 0 Å². The zero-order valence-corrected chi connectivity index (χ0v) is 10.9. The van der Waals surface area contributed by atoms with Gasteiger partial charge in [-0.1, -0.05) is 12.8 Å². The lowest BCUT2D eigenvalue weighted by Gasteiger charge is -2.12. The van der Waals surface area contributed by atoms with Gasteiger partial charge in [-0.2, -0.15) is 4.72 Å². The number of benzene rings is 1. The van der Waals surface area contributed by atoms with E-state index < -0.39 is 32.7 Å². The number of sulfonamides is 1. The van der Waals surface area contributed by atoms with Gasteiger partial charge in [-0.3, -0.25) is 0 Å². The molecule has 5 nitrogen and oxygen atoms in total. The van der Waals surface area contributed by atoms with Crippen LogP contribution in [0.1, 0.15) is 23.7 Å². The van der Waals surface area contributed by atoms with Gasteiger partial charge in [0.05, 0.1) is 11.6 Å². The van der Waals surface area contributed by atoms with E-state index in [0.29, 0.717) is 6.42 Å². The van der Waals surface area contributed by atoms with Crippen molar-refractivity contribution in [2.75, 3.05) is 0 Å². The standard InChI is InChI=1S/C12H12FNO4S/c1-3-9(4-2)14-19(17,18)11-7-8(12(15)16)5-6-10(11)13/h1,5-7,9,14H,4H2,2H3,(H,15,16). The summed E-state index contributed by atoms with van der Waals surface area (Å²) in [6, 6.07) is 1.74. The highest BCUT2D eigenvalue weighted by Gasteiger charge is 2.23. The lowest BCUT2D eigenvalue weighted by atomic mass is 10.2. The Labute approximate surface area is 110 Å². The van der Waals surface area contributed by atoms with Crippen LogP contribution in [0.4, 0.5) is 4.39 Å². The summed E-state index contributed by atoms with van der Waals surface area (Å²) < 4.78 is 39.5. The third kappa shape index (κ3) is 3.53. The van der Waals surface area contributed by atoms with Gasteiger partial charge in [-0.25, -0.2) is 17.6 Å². The molecular weight excluding hydrogens is 273 g/mol. The van der Waals surface area contributed by atoms with Crippen LogP contribution in [-0.4, -0.2) is 25.5 Å². The molecule has 0 fully saturated rings. The van der Waals surface area contributed by atoms with Crippen LogP contribution >= 0.6 is 0 Å². The highest BCUT2D eigenvalue weighted by molar-refractivity contribution is 7.89. The van der Waals surface area contributed by atoms with Crippen molar-refractivity contribution in [1.29, 1.82) is 0 Å². The lowest BCUT2D eigenvalue weighted by Crippen LogP contribution is -2.33. The Kier molecular flexibility index (Phi) is 4.64. The summed E-state index contributed by atoms with van der Waals surface area (Å²) in [5, 5.41) is 8.77. The number of aromatic carboxylic acids is 1. The van der Waals surface area contributed by atoms with Crippen LogP contribution in [0, 0.1) is 18.2 Å². The molecule has 0 aliphatic carbocycles. The topological polar surface area (TPSA) is 83.5 Å². The SMILES string of the molecule is C#CC(CC)NS(=O)(=O)c1cc(C(=O)O)ccc1F. The number of carbonyl (C=O) groups is 1. The smallest absolute Gasteiger partial charge is 0.335 e. The van der Waals surface area contributed by atoms with Gasteiger partial charge < -0.3 is 5.11 Å². The Bertz CT molecular complexity index is 634. The predicted molar refractivity (Wildman–Crippen MR) is 66.6 cm³/mol. The van der Waals surface area contributed by atoms with Crippen LogP contribution in [0.3, 0.4) is 0 Å². The van der Waals surface area contributed by atoms with Crippen molar-refractivity contribution < 1.29 is 22.7 Å². The minimum absolute atomic E-state index is 0.324. The van der Waals surface area contributed by atoms with E-state index in [0.717, 1.165) is 18.2 Å². The molecule has 19 heavy (non-hydrogen) atoms. The van der Waals surface area contributed by atoms with E-state index in [-0.39, 0.29) is 5.56 Å². The number of hydrogen-bond acceptors (Lipinski definition) is 3. The molecule has 1 aromatic carbocycles. The zero-order chi connectivity index (χ0) is 14.6. The summed E-state index contributed by atoms with van der Waals surface area (Å²) in [4.78, 5) is 10.0. The summed E-state index contributed by atoms with van der Waals surface area (Å²) in [6.45, 7) is 1.66. The monoisotopic (exact) mass is 285 g/mol. The zero-order valence-electron chi connectivity index (χ0n) is 10.1. The molecule has 0 spiro atoms. The molecule has 0 saturated heterocycles. The van der Waals surface area contributed by atoms with Crippen LogP contribution in [0.5, 0.6) is 0 Å². The van der Waals surface area contributed by atoms with E-state index in [1.54, 1.807) is 6.92 Å². The Balaban J connectivity index is 3.25. The summed E-state index contributed by atoms with van der Waals surface area (Å²) in [6.07, 6.45) is 5.45.